The number of rotatable bonds is 0. The molecule has 0 aliphatic carbocycles. The lowest BCUT2D eigenvalue weighted by atomic mass is 9.87. The van der Waals surface area contributed by atoms with Crippen molar-refractivity contribution in [2.45, 2.75) is 32.6 Å². The van der Waals surface area contributed by atoms with Gasteiger partial charge in [-0.2, -0.15) is 0 Å². The lowest BCUT2D eigenvalue weighted by Crippen LogP contribution is -2.11. The van der Waals surface area contributed by atoms with Gasteiger partial charge in [-0.25, -0.2) is 4.98 Å². The highest BCUT2D eigenvalue weighted by Crippen LogP contribution is 2.27. The Bertz CT molecular complexity index is 323. The molecule has 70 valence electrons. The molecule has 0 atom stereocenters. The standard InChI is InChI=1S/C11H16N2/c1-11(2,3)9-6-8-4-5-12-10(8)13-7-9/h6-7H,4-5H2,1-3H3,(H,12,13). The van der Waals surface area contributed by atoms with Crippen LogP contribution in [0.5, 0.6) is 0 Å². The van der Waals surface area contributed by atoms with Gasteiger partial charge in [0.2, 0.25) is 0 Å². The smallest absolute Gasteiger partial charge is 0.129 e. The summed E-state index contributed by atoms with van der Waals surface area (Å²) in [6.07, 6.45) is 3.10. The van der Waals surface area contributed by atoms with Crippen LogP contribution in [0.25, 0.3) is 0 Å². The fraction of sp³-hybridized carbons (Fsp3) is 0.545. The largest absolute Gasteiger partial charge is 0.370 e. The van der Waals surface area contributed by atoms with Gasteiger partial charge in [-0.15, -0.1) is 0 Å². The Morgan fingerprint density at radius 2 is 2.15 bits per heavy atom. The van der Waals surface area contributed by atoms with E-state index >= 15 is 0 Å². The molecule has 0 unspecified atom stereocenters. The molecule has 2 nitrogen and oxygen atoms in total. The summed E-state index contributed by atoms with van der Waals surface area (Å²) in [6, 6.07) is 2.28. The molecule has 1 aromatic heterocycles. The van der Waals surface area contributed by atoms with Crippen LogP contribution in [0.15, 0.2) is 12.3 Å². The molecule has 0 spiro atoms. The van der Waals surface area contributed by atoms with Gasteiger partial charge in [0, 0.05) is 12.7 Å². The molecular weight excluding hydrogens is 160 g/mol. The van der Waals surface area contributed by atoms with Crippen molar-refractivity contribution in [2.75, 3.05) is 11.9 Å². The van der Waals surface area contributed by atoms with Crippen molar-refractivity contribution < 1.29 is 0 Å². The minimum Gasteiger partial charge on any atom is -0.370 e. The Hall–Kier alpha value is -1.05. The fourth-order valence-corrected chi connectivity index (χ4v) is 1.59. The third-order valence-electron chi connectivity index (χ3n) is 2.52. The number of nitrogens with one attached hydrogen (secondary N) is 1. The third-order valence-corrected chi connectivity index (χ3v) is 2.52. The van der Waals surface area contributed by atoms with E-state index in [1.165, 1.54) is 11.1 Å². The van der Waals surface area contributed by atoms with Crippen LogP contribution >= 0.6 is 0 Å². The third kappa shape index (κ3) is 1.53. The Morgan fingerprint density at radius 1 is 1.38 bits per heavy atom. The maximum Gasteiger partial charge on any atom is 0.129 e. The first kappa shape index (κ1) is 8.54. The minimum absolute atomic E-state index is 0.213. The van der Waals surface area contributed by atoms with Gasteiger partial charge in [0.05, 0.1) is 0 Å². The second-order valence-electron chi connectivity index (χ2n) is 4.66. The van der Waals surface area contributed by atoms with E-state index in [-0.39, 0.29) is 5.41 Å². The number of hydrogen-bond donors (Lipinski definition) is 1. The van der Waals surface area contributed by atoms with Gasteiger partial charge in [0.1, 0.15) is 5.82 Å². The zero-order valence-electron chi connectivity index (χ0n) is 8.52. The van der Waals surface area contributed by atoms with Gasteiger partial charge in [0.25, 0.3) is 0 Å². The zero-order chi connectivity index (χ0) is 9.47. The molecule has 0 saturated carbocycles. The van der Waals surface area contributed by atoms with Crippen LogP contribution in [0.3, 0.4) is 0 Å². The Labute approximate surface area is 79.4 Å². The van der Waals surface area contributed by atoms with Crippen LogP contribution in [0.2, 0.25) is 0 Å². The van der Waals surface area contributed by atoms with Gasteiger partial charge in [-0.1, -0.05) is 26.8 Å². The Kier molecular flexibility index (Phi) is 1.79. The molecule has 2 rings (SSSR count). The summed E-state index contributed by atoms with van der Waals surface area (Å²) in [5.74, 6) is 1.08. The van der Waals surface area contributed by atoms with Crippen molar-refractivity contribution in [2.24, 2.45) is 0 Å². The van der Waals surface area contributed by atoms with Crippen molar-refractivity contribution in [3.63, 3.8) is 0 Å². The molecule has 0 aromatic carbocycles. The van der Waals surface area contributed by atoms with Gasteiger partial charge in [-0.05, 0) is 23.0 Å². The maximum absolute atomic E-state index is 4.41. The quantitative estimate of drug-likeness (QED) is 0.656. The molecule has 0 bridgehead atoms. The molecule has 2 heterocycles. The molecule has 0 saturated heterocycles. The van der Waals surface area contributed by atoms with Crippen LogP contribution in [-0.2, 0) is 11.8 Å². The van der Waals surface area contributed by atoms with E-state index in [9.17, 15) is 0 Å². The van der Waals surface area contributed by atoms with Crippen molar-refractivity contribution in [1.29, 1.82) is 0 Å². The molecule has 0 radical (unpaired) electrons. The lowest BCUT2D eigenvalue weighted by Gasteiger charge is -2.19. The van der Waals surface area contributed by atoms with E-state index < -0.39 is 0 Å². The topological polar surface area (TPSA) is 24.9 Å². The monoisotopic (exact) mass is 176 g/mol. The van der Waals surface area contributed by atoms with Crippen molar-refractivity contribution >= 4 is 5.82 Å². The summed E-state index contributed by atoms with van der Waals surface area (Å²) in [5, 5.41) is 3.27. The average molecular weight is 176 g/mol. The second kappa shape index (κ2) is 2.72. The minimum atomic E-state index is 0.213. The molecule has 0 fully saturated rings. The maximum atomic E-state index is 4.41. The van der Waals surface area contributed by atoms with Gasteiger partial charge < -0.3 is 5.32 Å². The summed E-state index contributed by atoms with van der Waals surface area (Å²) < 4.78 is 0. The van der Waals surface area contributed by atoms with E-state index in [1.54, 1.807) is 0 Å². The van der Waals surface area contributed by atoms with Crippen LogP contribution in [-0.4, -0.2) is 11.5 Å². The van der Waals surface area contributed by atoms with E-state index in [4.69, 9.17) is 0 Å². The Morgan fingerprint density at radius 3 is 2.85 bits per heavy atom. The van der Waals surface area contributed by atoms with E-state index in [0.717, 1.165) is 18.8 Å². The lowest BCUT2D eigenvalue weighted by molar-refractivity contribution is 0.587. The molecule has 1 aromatic rings. The van der Waals surface area contributed by atoms with Crippen LogP contribution in [0.4, 0.5) is 5.82 Å². The van der Waals surface area contributed by atoms with E-state index in [0.29, 0.717) is 0 Å². The summed E-state index contributed by atoms with van der Waals surface area (Å²) >= 11 is 0. The number of fused-ring (bicyclic) bond motifs is 1. The van der Waals surface area contributed by atoms with Crippen molar-refractivity contribution in [3.05, 3.63) is 23.4 Å². The summed E-state index contributed by atoms with van der Waals surface area (Å²) in [7, 11) is 0. The molecule has 13 heavy (non-hydrogen) atoms. The van der Waals surface area contributed by atoms with Gasteiger partial charge >= 0.3 is 0 Å². The SMILES string of the molecule is CC(C)(C)c1cnc2c(c1)CCN2. The van der Waals surface area contributed by atoms with Crippen molar-refractivity contribution in [3.8, 4) is 0 Å². The highest BCUT2D eigenvalue weighted by atomic mass is 15.0. The predicted octanol–water partition coefficient (Wildman–Crippen LogP) is 2.35. The van der Waals surface area contributed by atoms with Crippen LogP contribution in [0, 0.1) is 0 Å². The van der Waals surface area contributed by atoms with E-state index in [1.807, 2.05) is 6.20 Å². The predicted molar refractivity (Wildman–Crippen MR) is 55.1 cm³/mol. The number of hydrogen-bond acceptors (Lipinski definition) is 2. The number of pyridine rings is 1. The highest BCUT2D eigenvalue weighted by molar-refractivity contribution is 5.50. The summed E-state index contributed by atoms with van der Waals surface area (Å²) in [4.78, 5) is 4.41. The molecule has 1 aliphatic rings. The summed E-state index contributed by atoms with van der Waals surface area (Å²) in [5.41, 5.74) is 2.91. The first-order valence-electron chi connectivity index (χ1n) is 4.80. The first-order valence-corrected chi connectivity index (χ1v) is 4.80. The number of anilines is 1. The summed E-state index contributed by atoms with van der Waals surface area (Å²) in [6.45, 7) is 7.70. The fourth-order valence-electron chi connectivity index (χ4n) is 1.59. The second-order valence-corrected chi connectivity index (χ2v) is 4.66. The van der Waals surface area contributed by atoms with Gasteiger partial charge in [-0.3, -0.25) is 0 Å². The zero-order valence-corrected chi connectivity index (χ0v) is 8.52. The molecule has 1 N–H and O–H groups in total. The average Bonchev–Trinajstić information content (AvgIpc) is 2.47. The molecular formula is C11H16N2. The van der Waals surface area contributed by atoms with Gasteiger partial charge in [0.15, 0.2) is 0 Å². The van der Waals surface area contributed by atoms with Crippen molar-refractivity contribution in [1.82, 2.24) is 4.98 Å². The number of aromatic nitrogens is 1. The normalized spacial score (nSPS) is 15.3. The first-order chi connectivity index (χ1) is 6.07. The van der Waals surface area contributed by atoms with E-state index in [2.05, 4.69) is 37.1 Å². The highest BCUT2D eigenvalue weighted by Gasteiger charge is 2.18. The Balaban J connectivity index is 2.42. The molecule has 2 heteroatoms. The van der Waals surface area contributed by atoms with Crippen LogP contribution < -0.4 is 5.32 Å². The number of nitrogens with zero attached hydrogens (tertiary/aromatic N) is 1. The van der Waals surface area contributed by atoms with Crippen LogP contribution in [0.1, 0.15) is 31.9 Å². The molecule has 1 aliphatic heterocycles. The molecule has 0 amide bonds.